The number of aliphatic hydroxyl groups is 1. The molecule has 1 amide bonds. The molecule has 3 heterocycles. The minimum atomic E-state index is -0.622. The average Bonchev–Trinajstić information content (AvgIpc) is 3.22. The molecule has 2 saturated heterocycles. The van der Waals surface area contributed by atoms with Gasteiger partial charge in [-0.1, -0.05) is 24.3 Å². The maximum Gasteiger partial charge on any atom is 0.410 e. The van der Waals surface area contributed by atoms with Gasteiger partial charge < -0.3 is 29.1 Å². The summed E-state index contributed by atoms with van der Waals surface area (Å²) in [5.74, 6) is -0.563. The number of likely N-dealkylation sites (N-methyl/N-ethyl adjacent to an activating group) is 1. The highest BCUT2D eigenvalue weighted by atomic mass is 16.7. The Labute approximate surface area is 189 Å². The second-order valence-electron chi connectivity index (χ2n) is 9.45. The lowest BCUT2D eigenvalue weighted by Crippen LogP contribution is -2.55. The molecule has 3 fully saturated rings. The van der Waals surface area contributed by atoms with Crippen LogP contribution >= 0.6 is 0 Å². The van der Waals surface area contributed by atoms with Gasteiger partial charge in [0.15, 0.2) is 5.79 Å². The first-order chi connectivity index (χ1) is 15.4. The van der Waals surface area contributed by atoms with E-state index in [1.807, 2.05) is 61.5 Å². The van der Waals surface area contributed by atoms with Crippen molar-refractivity contribution in [3.05, 3.63) is 53.7 Å². The van der Waals surface area contributed by atoms with Crippen molar-refractivity contribution in [3.63, 3.8) is 0 Å². The van der Waals surface area contributed by atoms with Crippen LogP contribution in [-0.4, -0.2) is 65.4 Å². The van der Waals surface area contributed by atoms with Gasteiger partial charge in [0.05, 0.1) is 19.3 Å². The van der Waals surface area contributed by atoms with Gasteiger partial charge in [-0.15, -0.1) is 0 Å². The zero-order valence-corrected chi connectivity index (χ0v) is 18.8. The number of nitrogens with zero attached hydrogens (tertiary/aromatic N) is 2. The largest absolute Gasteiger partial charge is 0.442 e. The fraction of sp³-hybridized carbons (Fsp3) is 0.560. The van der Waals surface area contributed by atoms with Crippen LogP contribution in [0.5, 0.6) is 0 Å². The topological polar surface area (TPSA) is 71.5 Å². The average molecular weight is 441 g/mol. The number of rotatable bonds is 3. The van der Waals surface area contributed by atoms with E-state index in [-0.39, 0.29) is 12.1 Å². The van der Waals surface area contributed by atoms with E-state index >= 15 is 0 Å². The smallest absolute Gasteiger partial charge is 0.410 e. The van der Waals surface area contributed by atoms with Crippen molar-refractivity contribution in [2.45, 2.75) is 62.7 Å². The molecule has 0 aromatic heterocycles. The van der Waals surface area contributed by atoms with Gasteiger partial charge in [-0.3, -0.25) is 0 Å². The Hall–Kier alpha value is -2.35. The van der Waals surface area contributed by atoms with Crippen LogP contribution in [0.4, 0.5) is 4.79 Å². The zero-order valence-electron chi connectivity index (χ0n) is 18.8. The van der Waals surface area contributed by atoms with Crippen LogP contribution in [-0.2, 0) is 14.2 Å². The number of allylic oxidation sites excluding steroid dienone is 2. The van der Waals surface area contributed by atoms with E-state index in [2.05, 4.69) is 0 Å². The molecule has 0 bridgehead atoms. The molecule has 1 saturated carbocycles. The standard InChI is InChI=1S/C25H32N2O5/c1-18(19-4-6-20(7-5-19)21-8-12-26(2)22(28)16-21)27-13-11-24(32-23(27)29)9-3-10-25(17-24)30-14-15-31-25/h4-8,12,16,18,22,28H,3,9-11,13-15,17H2,1-2H3. The first-order valence-corrected chi connectivity index (χ1v) is 11.6. The highest BCUT2D eigenvalue weighted by Crippen LogP contribution is 2.46. The maximum absolute atomic E-state index is 13.0. The quantitative estimate of drug-likeness (QED) is 0.771. The molecule has 32 heavy (non-hydrogen) atoms. The zero-order chi connectivity index (χ0) is 22.3. The highest BCUT2D eigenvalue weighted by molar-refractivity contribution is 5.75. The van der Waals surface area contributed by atoms with Crippen LogP contribution < -0.4 is 0 Å². The van der Waals surface area contributed by atoms with Crippen LogP contribution in [0.2, 0.25) is 0 Å². The molecule has 1 aromatic carbocycles. The fourth-order valence-electron chi connectivity index (χ4n) is 5.40. The van der Waals surface area contributed by atoms with E-state index in [4.69, 9.17) is 14.2 Å². The van der Waals surface area contributed by atoms with Crippen LogP contribution in [0.3, 0.4) is 0 Å². The third-order valence-electron chi connectivity index (χ3n) is 7.37. The molecule has 7 nitrogen and oxygen atoms in total. The fourth-order valence-corrected chi connectivity index (χ4v) is 5.40. The summed E-state index contributed by atoms with van der Waals surface area (Å²) in [6.45, 7) is 3.93. The summed E-state index contributed by atoms with van der Waals surface area (Å²) >= 11 is 0. The SMILES string of the molecule is CC(c1ccc(C2=CC(O)N(C)C=C2)cc1)N1CCC2(CCCC3(C2)OCCO3)OC1=O. The van der Waals surface area contributed by atoms with Gasteiger partial charge in [0, 0.05) is 39.1 Å². The Balaban J connectivity index is 1.26. The van der Waals surface area contributed by atoms with E-state index in [1.54, 1.807) is 4.90 Å². The highest BCUT2D eigenvalue weighted by Gasteiger charge is 2.53. The minimum absolute atomic E-state index is 0.0852. The second-order valence-corrected chi connectivity index (χ2v) is 9.45. The Morgan fingerprint density at radius 1 is 1.12 bits per heavy atom. The third-order valence-corrected chi connectivity index (χ3v) is 7.37. The second kappa shape index (κ2) is 8.21. The molecule has 1 N–H and O–H groups in total. The van der Waals surface area contributed by atoms with Gasteiger partial charge in [0.2, 0.25) is 0 Å². The molecule has 172 valence electrons. The summed E-state index contributed by atoms with van der Waals surface area (Å²) in [5.41, 5.74) is 2.60. The Morgan fingerprint density at radius 2 is 1.88 bits per heavy atom. The molecule has 3 atom stereocenters. The van der Waals surface area contributed by atoms with Crippen LogP contribution in [0, 0.1) is 0 Å². The molecule has 2 spiro atoms. The Morgan fingerprint density at radius 3 is 2.56 bits per heavy atom. The van der Waals surface area contributed by atoms with Crippen LogP contribution in [0.25, 0.3) is 5.57 Å². The minimum Gasteiger partial charge on any atom is -0.442 e. The maximum atomic E-state index is 13.0. The summed E-state index contributed by atoms with van der Waals surface area (Å²) in [4.78, 5) is 16.6. The van der Waals surface area contributed by atoms with E-state index in [0.29, 0.717) is 26.2 Å². The van der Waals surface area contributed by atoms with Gasteiger partial charge >= 0.3 is 6.09 Å². The first-order valence-electron chi connectivity index (χ1n) is 11.6. The van der Waals surface area contributed by atoms with E-state index in [1.165, 1.54) is 0 Å². The van der Waals surface area contributed by atoms with Gasteiger partial charge in [0.25, 0.3) is 0 Å². The normalized spacial score (nSPS) is 30.5. The van der Waals surface area contributed by atoms with Crippen molar-refractivity contribution in [2.75, 3.05) is 26.8 Å². The van der Waals surface area contributed by atoms with Gasteiger partial charge in [-0.05, 0) is 48.6 Å². The lowest BCUT2D eigenvalue weighted by Gasteiger charge is -2.48. The molecule has 3 aliphatic heterocycles. The molecular formula is C25H32N2O5. The summed E-state index contributed by atoms with van der Waals surface area (Å²) in [6, 6.07) is 8.09. The molecule has 0 radical (unpaired) electrons. The molecular weight excluding hydrogens is 408 g/mol. The molecule has 5 rings (SSSR count). The predicted molar refractivity (Wildman–Crippen MR) is 119 cm³/mol. The monoisotopic (exact) mass is 440 g/mol. The van der Waals surface area contributed by atoms with Crippen molar-refractivity contribution in [3.8, 4) is 0 Å². The van der Waals surface area contributed by atoms with Crippen molar-refractivity contribution < 1.29 is 24.1 Å². The van der Waals surface area contributed by atoms with Crippen LogP contribution in [0.1, 0.15) is 56.2 Å². The van der Waals surface area contributed by atoms with Crippen molar-refractivity contribution in [2.24, 2.45) is 0 Å². The van der Waals surface area contributed by atoms with E-state index in [9.17, 15) is 9.90 Å². The molecule has 4 aliphatic rings. The van der Waals surface area contributed by atoms with Gasteiger partial charge in [-0.2, -0.15) is 0 Å². The number of benzene rings is 1. The number of aliphatic hydroxyl groups excluding tert-OH is 1. The van der Waals surface area contributed by atoms with Crippen LogP contribution in [0.15, 0.2) is 42.6 Å². The third kappa shape index (κ3) is 3.93. The van der Waals surface area contributed by atoms with E-state index in [0.717, 1.165) is 42.4 Å². The molecule has 3 unspecified atom stereocenters. The number of amides is 1. The lowest BCUT2D eigenvalue weighted by molar-refractivity contribution is -0.225. The number of ether oxygens (including phenoxy) is 3. The van der Waals surface area contributed by atoms with Crippen molar-refractivity contribution in [1.29, 1.82) is 0 Å². The summed E-state index contributed by atoms with van der Waals surface area (Å²) < 4.78 is 17.9. The Bertz CT molecular complexity index is 921. The lowest BCUT2D eigenvalue weighted by atomic mass is 9.78. The molecule has 1 aliphatic carbocycles. The van der Waals surface area contributed by atoms with Crippen molar-refractivity contribution in [1.82, 2.24) is 9.80 Å². The number of carbonyl (C=O) groups excluding carboxylic acids is 1. The first kappa shape index (κ1) is 21.5. The number of hydrogen-bond donors (Lipinski definition) is 1. The van der Waals surface area contributed by atoms with Gasteiger partial charge in [-0.25, -0.2) is 4.79 Å². The summed E-state index contributed by atoms with van der Waals surface area (Å²) in [6.07, 6.45) is 8.91. The predicted octanol–water partition coefficient (Wildman–Crippen LogP) is 3.81. The Kier molecular flexibility index (Phi) is 5.51. The van der Waals surface area contributed by atoms with Gasteiger partial charge in [0.1, 0.15) is 11.8 Å². The number of carbonyl (C=O) groups is 1. The summed E-state index contributed by atoms with van der Waals surface area (Å²) in [5, 5.41) is 10.0. The molecule has 1 aromatic rings. The van der Waals surface area contributed by atoms with Crippen molar-refractivity contribution >= 4 is 11.7 Å². The molecule has 7 heteroatoms. The number of hydrogen-bond acceptors (Lipinski definition) is 6. The summed E-state index contributed by atoms with van der Waals surface area (Å²) in [7, 11) is 1.84. The van der Waals surface area contributed by atoms with E-state index < -0.39 is 17.6 Å².